The van der Waals surface area contributed by atoms with Crippen molar-refractivity contribution in [3.8, 4) is 5.75 Å². The van der Waals surface area contributed by atoms with Gasteiger partial charge in [-0.3, -0.25) is 0 Å². The van der Waals surface area contributed by atoms with Crippen LogP contribution < -0.4 is 10.5 Å². The van der Waals surface area contributed by atoms with E-state index in [1.807, 2.05) is 0 Å². The Morgan fingerprint density at radius 3 is 2.84 bits per heavy atom. The van der Waals surface area contributed by atoms with E-state index in [2.05, 4.69) is 18.2 Å². The Morgan fingerprint density at radius 2 is 2.11 bits per heavy atom. The number of ether oxygens (including phenoxy) is 2. The minimum absolute atomic E-state index is 0.189. The van der Waals surface area contributed by atoms with Crippen molar-refractivity contribution in [3.63, 3.8) is 0 Å². The maximum atomic E-state index is 6.86. The summed E-state index contributed by atoms with van der Waals surface area (Å²) in [7, 11) is 1.72. The van der Waals surface area contributed by atoms with Crippen molar-refractivity contribution in [1.29, 1.82) is 0 Å². The number of rotatable bonds is 2. The van der Waals surface area contributed by atoms with Crippen LogP contribution in [0.25, 0.3) is 0 Å². The number of aryl methyl sites for hydroxylation is 1. The van der Waals surface area contributed by atoms with E-state index in [1.165, 1.54) is 17.5 Å². The van der Waals surface area contributed by atoms with Gasteiger partial charge in [-0.1, -0.05) is 6.07 Å². The van der Waals surface area contributed by atoms with Gasteiger partial charge in [0.05, 0.1) is 7.11 Å². The Hall–Kier alpha value is -1.06. The summed E-state index contributed by atoms with van der Waals surface area (Å²) in [5.41, 5.74) is 9.38. The number of hydrogen-bond acceptors (Lipinski definition) is 3. The Labute approximate surface area is 115 Å². The fraction of sp³-hybridized carbons (Fsp3) is 0.625. The molecule has 0 spiro atoms. The van der Waals surface area contributed by atoms with E-state index in [4.69, 9.17) is 15.2 Å². The minimum atomic E-state index is -0.189. The molecular weight excluding hydrogens is 238 g/mol. The van der Waals surface area contributed by atoms with Crippen molar-refractivity contribution < 1.29 is 9.47 Å². The van der Waals surface area contributed by atoms with E-state index in [9.17, 15) is 0 Å². The summed E-state index contributed by atoms with van der Waals surface area (Å²) in [6.45, 7) is 1.70. The van der Waals surface area contributed by atoms with Crippen LogP contribution in [0.1, 0.15) is 36.8 Å². The molecule has 0 bridgehead atoms. The highest BCUT2D eigenvalue weighted by Crippen LogP contribution is 2.43. The number of hydrogen-bond donors (Lipinski definition) is 1. The van der Waals surface area contributed by atoms with Crippen molar-refractivity contribution in [2.75, 3.05) is 20.3 Å². The second kappa shape index (κ2) is 5.14. The summed E-state index contributed by atoms with van der Waals surface area (Å²) in [6.07, 6.45) is 5.56. The van der Waals surface area contributed by atoms with Crippen LogP contribution in [0.5, 0.6) is 5.75 Å². The molecule has 1 aliphatic heterocycles. The van der Waals surface area contributed by atoms with Gasteiger partial charge >= 0.3 is 0 Å². The highest BCUT2D eigenvalue weighted by Gasteiger charge is 2.40. The second-order valence-electron chi connectivity index (χ2n) is 5.80. The average molecular weight is 261 g/mol. The first-order chi connectivity index (χ1) is 9.24. The monoisotopic (exact) mass is 261 g/mol. The third kappa shape index (κ3) is 2.26. The van der Waals surface area contributed by atoms with Gasteiger partial charge in [0.25, 0.3) is 0 Å². The molecule has 3 rings (SSSR count). The number of methoxy groups -OCH3 is 1. The predicted octanol–water partition coefficient (Wildman–Crippen LogP) is 2.61. The Kier molecular flexibility index (Phi) is 3.50. The van der Waals surface area contributed by atoms with E-state index in [0.29, 0.717) is 5.92 Å². The van der Waals surface area contributed by atoms with Crippen LogP contribution in [0.3, 0.4) is 0 Å². The highest BCUT2D eigenvalue weighted by molar-refractivity contribution is 5.42. The number of nitrogens with two attached hydrogens (primary N) is 1. The largest absolute Gasteiger partial charge is 0.497 e. The quantitative estimate of drug-likeness (QED) is 0.890. The van der Waals surface area contributed by atoms with E-state index in [-0.39, 0.29) is 5.54 Å². The molecule has 0 saturated carbocycles. The molecule has 1 aromatic carbocycles. The van der Waals surface area contributed by atoms with Crippen LogP contribution >= 0.6 is 0 Å². The zero-order valence-electron chi connectivity index (χ0n) is 11.7. The van der Waals surface area contributed by atoms with Gasteiger partial charge in [0, 0.05) is 18.8 Å². The summed E-state index contributed by atoms with van der Waals surface area (Å²) < 4.78 is 10.9. The predicted molar refractivity (Wildman–Crippen MR) is 75.3 cm³/mol. The molecule has 1 saturated heterocycles. The third-order valence-electron chi connectivity index (χ3n) is 4.80. The molecule has 0 amide bonds. The first kappa shape index (κ1) is 12.9. The van der Waals surface area contributed by atoms with Crippen LogP contribution in [0.2, 0.25) is 0 Å². The van der Waals surface area contributed by atoms with E-state index in [0.717, 1.165) is 44.6 Å². The molecule has 1 atom stereocenters. The first-order valence-corrected chi connectivity index (χ1v) is 7.28. The zero-order chi connectivity index (χ0) is 13.3. The maximum absolute atomic E-state index is 6.86. The van der Waals surface area contributed by atoms with E-state index < -0.39 is 0 Å². The fourth-order valence-corrected chi connectivity index (χ4v) is 3.68. The lowest BCUT2D eigenvalue weighted by atomic mass is 9.67. The maximum Gasteiger partial charge on any atom is 0.119 e. The molecule has 1 aromatic rings. The van der Waals surface area contributed by atoms with E-state index in [1.54, 1.807) is 7.11 Å². The zero-order valence-corrected chi connectivity index (χ0v) is 11.7. The molecule has 104 valence electrons. The number of fused-ring (bicyclic) bond motifs is 1. The molecule has 1 heterocycles. The van der Waals surface area contributed by atoms with Gasteiger partial charge in [-0.2, -0.15) is 0 Å². The van der Waals surface area contributed by atoms with Crippen LogP contribution in [0.4, 0.5) is 0 Å². The molecule has 1 fully saturated rings. The summed E-state index contributed by atoms with van der Waals surface area (Å²) in [5, 5.41) is 0. The summed E-state index contributed by atoms with van der Waals surface area (Å²) in [6, 6.07) is 6.40. The lowest BCUT2D eigenvalue weighted by molar-refractivity contribution is 0.0327. The van der Waals surface area contributed by atoms with Gasteiger partial charge in [0.1, 0.15) is 5.75 Å². The standard InChI is InChI=1S/C16H23NO2/c1-18-14-5-4-12-3-2-8-16(17,15(12)11-14)13-6-9-19-10-7-13/h4-5,11,13H,2-3,6-10,17H2,1H3. The molecule has 3 nitrogen and oxygen atoms in total. The van der Waals surface area contributed by atoms with Gasteiger partial charge in [-0.15, -0.1) is 0 Å². The number of benzene rings is 1. The SMILES string of the molecule is COc1ccc2c(c1)C(N)(C1CCOCC1)CCC2. The molecule has 3 heteroatoms. The first-order valence-electron chi connectivity index (χ1n) is 7.28. The molecule has 0 radical (unpaired) electrons. The van der Waals surface area contributed by atoms with Gasteiger partial charge < -0.3 is 15.2 Å². The fourth-order valence-electron chi connectivity index (χ4n) is 3.68. The minimum Gasteiger partial charge on any atom is -0.497 e. The molecule has 2 aliphatic rings. The lowest BCUT2D eigenvalue weighted by Gasteiger charge is -2.43. The van der Waals surface area contributed by atoms with Gasteiger partial charge in [0.2, 0.25) is 0 Å². The van der Waals surface area contributed by atoms with Crippen LogP contribution in [0, 0.1) is 5.92 Å². The highest BCUT2D eigenvalue weighted by atomic mass is 16.5. The van der Waals surface area contributed by atoms with Crippen molar-refractivity contribution >= 4 is 0 Å². The Bertz CT molecular complexity index is 454. The van der Waals surface area contributed by atoms with Gasteiger partial charge in [-0.05, 0) is 61.3 Å². The summed E-state index contributed by atoms with van der Waals surface area (Å²) >= 11 is 0. The van der Waals surface area contributed by atoms with Crippen molar-refractivity contribution in [2.45, 2.75) is 37.6 Å². The third-order valence-corrected chi connectivity index (χ3v) is 4.80. The Balaban J connectivity index is 1.99. The van der Waals surface area contributed by atoms with Crippen molar-refractivity contribution in [1.82, 2.24) is 0 Å². The molecule has 1 unspecified atom stereocenters. The summed E-state index contributed by atoms with van der Waals surface area (Å²) in [4.78, 5) is 0. The van der Waals surface area contributed by atoms with Crippen LogP contribution in [0.15, 0.2) is 18.2 Å². The molecule has 19 heavy (non-hydrogen) atoms. The average Bonchev–Trinajstić information content (AvgIpc) is 2.48. The normalized spacial score (nSPS) is 27.9. The van der Waals surface area contributed by atoms with Crippen molar-refractivity contribution in [3.05, 3.63) is 29.3 Å². The van der Waals surface area contributed by atoms with Gasteiger partial charge in [-0.25, -0.2) is 0 Å². The Morgan fingerprint density at radius 1 is 1.32 bits per heavy atom. The lowest BCUT2D eigenvalue weighted by Crippen LogP contribution is -2.48. The van der Waals surface area contributed by atoms with Crippen LogP contribution in [-0.4, -0.2) is 20.3 Å². The summed E-state index contributed by atoms with van der Waals surface area (Å²) in [5.74, 6) is 1.45. The second-order valence-corrected chi connectivity index (χ2v) is 5.80. The van der Waals surface area contributed by atoms with E-state index >= 15 is 0 Å². The molecular formula is C16H23NO2. The van der Waals surface area contributed by atoms with Crippen LogP contribution in [-0.2, 0) is 16.7 Å². The smallest absolute Gasteiger partial charge is 0.119 e. The van der Waals surface area contributed by atoms with Gasteiger partial charge in [0.15, 0.2) is 0 Å². The molecule has 1 aliphatic carbocycles. The van der Waals surface area contributed by atoms with Crippen molar-refractivity contribution in [2.24, 2.45) is 11.7 Å². The molecule has 0 aromatic heterocycles. The molecule has 2 N–H and O–H groups in total. The topological polar surface area (TPSA) is 44.5 Å².